The van der Waals surface area contributed by atoms with Crippen molar-refractivity contribution in [3.05, 3.63) is 21.4 Å². The van der Waals surface area contributed by atoms with Gasteiger partial charge in [0, 0.05) is 4.88 Å². The molecule has 1 heterocycles. The Morgan fingerprint density at radius 2 is 2.20 bits per heavy atom. The van der Waals surface area contributed by atoms with E-state index in [0.717, 1.165) is 43.4 Å². The molecule has 1 amide bonds. The first-order valence-corrected chi connectivity index (χ1v) is 8.29. The van der Waals surface area contributed by atoms with Crippen LogP contribution >= 0.6 is 11.3 Å². The van der Waals surface area contributed by atoms with Gasteiger partial charge in [0.25, 0.3) is 5.91 Å². The molecule has 1 N–H and O–H groups in total. The van der Waals surface area contributed by atoms with Gasteiger partial charge in [0.15, 0.2) is 0 Å². The standard InChI is InChI=1S/C16H20N2OS/c1-11-5-7-16(10-17,8-6-11)18-15(19)14-9-12-3-2-4-13(12)20-14/h9,11H,2-8H2,1H3,(H,18,19). The predicted molar refractivity (Wildman–Crippen MR) is 79.8 cm³/mol. The van der Waals surface area contributed by atoms with Crippen molar-refractivity contribution in [3.8, 4) is 6.07 Å². The van der Waals surface area contributed by atoms with Crippen LogP contribution in [0, 0.1) is 17.2 Å². The van der Waals surface area contributed by atoms with Crippen molar-refractivity contribution in [1.82, 2.24) is 5.32 Å². The smallest absolute Gasteiger partial charge is 0.262 e. The number of nitrogens with one attached hydrogen (secondary N) is 1. The van der Waals surface area contributed by atoms with Crippen LogP contribution in [-0.2, 0) is 12.8 Å². The Kier molecular flexibility index (Phi) is 3.55. The minimum absolute atomic E-state index is 0.0551. The lowest BCUT2D eigenvalue weighted by atomic mass is 9.78. The second kappa shape index (κ2) is 5.21. The van der Waals surface area contributed by atoms with Crippen molar-refractivity contribution >= 4 is 17.2 Å². The van der Waals surface area contributed by atoms with Gasteiger partial charge in [-0.2, -0.15) is 5.26 Å². The highest BCUT2D eigenvalue weighted by Gasteiger charge is 2.36. The fourth-order valence-electron chi connectivity index (χ4n) is 3.24. The molecule has 3 nitrogen and oxygen atoms in total. The van der Waals surface area contributed by atoms with Crippen molar-refractivity contribution < 1.29 is 4.79 Å². The first-order valence-electron chi connectivity index (χ1n) is 7.47. The molecule has 1 saturated carbocycles. The molecule has 0 aliphatic heterocycles. The van der Waals surface area contributed by atoms with Gasteiger partial charge in [0.05, 0.1) is 10.9 Å². The Labute approximate surface area is 124 Å². The number of fused-ring (bicyclic) bond motifs is 1. The number of aryl methyl sites for hydroxylation is 2. The number of hydrogen-bond acceptors (Lipinski definition) is 3. The molecule has 2 aliphatic carbocycles. The summed E-state index contributed by atoms with van der Waals surface area (Å²) in [5, 5.41) is 12.5. The van der Waals surface area contributed by atoms with E-state index in [1.54, 1.807) is 11.3 Å². The molecule has 3 rings (SSSR count). The third kappa shape index (κ3) is 2.47. The number of amides is 1. The van der Waals surface area contributed by atoms with Crippen LogP contribution in [0.15, 0.2) is 6.07 Å². The van der Waals surface area contributed by atoms with Gasteiger partial charge in [-0.05, 0) is 62.5 Å². The summed E-state index contributed by atoms with van der Waals surface area (Å²) in [6.45, 7) is 2.22. The van der Waals surface area contributed by atoms with Crippen LogP contribution in [-0.4, -0.2) is 11.4 Å². The minimum Gasteiger partial charge on any atom is -0.333 e. The third-order valence-corrected chi connectivity index (χ3v) is 5.90. The molecule has 1 aromatic rings. The molecule has 0 aromatic carbocycles. The normalized spacial score (nSPS) is 28.7. The van der Waals surface area contributed by atoms with Crippen LogP contribution in [0.5, 0.6) is 0 Å². The highest BCUT2D eigenvalue weighted by molar-refractivity contribution is 7.14. The lowest BCUT2D eigenvalue weighted by Crippen LogP contribution is -2.49. The number of carbonyl (C=O) groups excluding carboxylic acids is 1. The van der Waals surface area contributed by atoms with Crippen LogP contribution in [0.3, 0.4) is 0 Å². The van der Waals surface area contributed by atoms with Crippen molar-refractivity contribution in [3.63, 3.8) is 0 Å². The van der Waals surface area contributed by atoms with E-state index in [-0.39, 0.29) is 5.91 Å². The summed E-state index contributed by atoms with van der Waals surface area (Å²) in [6.07, 6.45) is 7.02. The largest absolute Gasteiger partial charge is 0.333 e. The Morgan fingerprint density at radius 1 is 1.45 bits per heavy atom. The quantitative estimate of drug-likeness (QED) is 0.906. The van der Waals surface area contributed by atoms with Crippen LogP contribution in [0.2, 0.25) is 0 Å². The molecule has 0 bridgehead atoms. The topological polar surface area (TPSA) is 52.9 Å². The average Bonchev–Trinajstić information content (AvgIpc) is 3.02. The summed E-state index contributed by atoms with van der Waals surface area (Å²) in [5.41, 5.74) is 0.696. The monoisotopic (exact) mass is 288 g/mol. The highest BCUT2D eigenvalue weighted by atomic mass is 32.1. The number of nitriles is 1. The molecule has 0 atom stereocenters. The third-order valence-electron chi connectivity index (χ3n) is 4.67. The fraction of sp³-hybridized carbons (Fsp3) is 0.625. The molecule has 1 aromatic heterocycles. The van der Waals surface area contributed by atoms with Gasteiger partial charge in [-0.15, -0.1) is 11.3 Å². The van der Waals surface area contributed by atoms with Gasteiger partial charge in [0.2, 0.25) is 0 Å². The molecular formula is C16H20N2OS. The second-order valence-corrected chi connectivity index (χ2v) is 7.38. The zero-order valence-electron chi connectivity index (χ0n) is 11.9. The van der Waals surface area contributed by atoms with E-state index in [1.165, 1.54) is 16.9 Å². The van der Waals surface area contributed by atoms with Crippen LogP contribution in [0.1, 0.15) is 59.1 Å². The van der Waals surface area contributed by atoms with E-state index in [4.69, 9.17) is 0 Å². The summed E-state index contributed by atoms with van der Waals surface area (Å²) in [7, 11) is 0. The maximum absolute atomic E-state index is 12.4. The van der Waals surface area contributed by atoms with Crippen LogP contribution in [0.4, 0.5) is 0 Å². The van der Waals surface area contributed by atoms with Crippen LogP contribution < -0.4 is 5.32 Å². The van der Waals surface area contributed by atoms with Gasteiger partial charge in [-0.3, -0.25) is 4.79 Å². The SMILES string of the molecule is CC1CCC(C#N)(NC(=O)c2cc3c(s2)CCC3)CC1. The number of thiophene rings is 1. The maximum Gasteiger partial charge on any atom is 0.262 e. The van der Waals surface area contributed by atoms with Crippen molar-refractivity contribution in [2.24, 2.45) is 5.92 Å². The lowest BCUT2D eigenvalue weighted by molar-refractivity contribution is 0.0898. The van der Waals surface area contributed by atoms with Crippen molar-refractivity contribution in [2.75, 3.05) is 0 Å². The Morgan fingerprint density at radius 3 is 2.85 bits per heavy atom. The fourth-order valence-corrected chi connectivity index (χ4v) is 4.39. The second-order valence-electron chi connectivity index (χ2n) is 6.24. The van der Waals surface area contributed by atoms with E-state index >= 15 is 0 Å². The van der Waals surface area contributed by atoms with Crippen molar-refractivity contribution in [2.45, 2.75) is 57.4 Å². The van der Waals surface area contributed by atoms with E-state index < -0.39 is 5.54 Å². The first-order chi connectivity index (χ1) is 9.62. The van der Waals surface area contributed by atoms with E-state index in [9.17, 15) is 10.1 Å². The van der Waals surface area contributed by atoms with E-state index in [0.29, 0.717) is 5.92 Å². The number of rotatable bonds is 2. The molecular weight excluding hydrogens is 268 g/mol. The van der Waals surface area contributed by atoms with Gasteiger partial charge >= 0.3 is 0 Å². The summed E-state index contributed by atoms with van der Waals surface area (Å²) >= 11 is 1.61. The van der Waals surface area contributed by atoms with Gasteiger partial charge in [-0.25, -0.2) is 0 Å². The maximum atomic E-state index is 12.4. The zero-order valence-corrected chi connectivity index (χ0v) is 12.7. The summed E-state index contributed by atoms with van der Waals surface area (Å²) in [6, 6.07) is 4.39. The molecule has 0 saturated heterocycles. The Hall–Kier alpha value is -1.34. The molecule has 0 radical (unpaired) electrons. The molecule has 0 unspecified atom stereocenters. The molecule has 2 aliphatic rings. The molecule has 106 valence electrons. The molecule has 0 spiro atoms. The first kappa shape index (κ1) is 13.6. The summed E-state index contributed by atoms with van der Waals surface area (Å²) in [5.74, 6) is 0.611. The highest BCUT2D eigenvalue weighted by Crippen LogP contribution is 2.34. The lowest BCUT2D eigenvalue weighted by Gasteiger charge is -2.34. The van der Waals surface area contributed by atoms with E-state index in [2.05, 4.69) is 18.3 Å². The van der Waals surface area contributed by atoms with E-state index in [1.807, 2.05) is 6.07 Å². The average molecular weight is 288 g/mol. The summed E-state index contributed by atoms with van der Waals surface area (Å²) in [4.78, 5) is 14.6. The number of nitrogens with zero attached hydrogens (tertiary/aromatic N) is 1. The predicted octanol–water partition coefficient (Wildman–Crippen LogP) is 3.44. The minimum atomic E-state index is -0.641. The number of hydrogen-bond donors (Lipinski definition) is 1. The molecule has 4 heteroatoms. The number of carbonyl (C=O) groups is 1. The van der Waals surface area contributed by atoms with Gasteiger partial charge in [0.1, 0.15) is 5.54 Å². The molecule has 20 heavy (non-hydrogen) atoms. The Balaban J connectivity index is 1.72. The Bertz CT molecular complexity index is 540. The summed E-state index contributed by atoms with van der Waals surface area (Å²) < 4.78 is 0. The molecule has 1 fully saturated rings. The van der Waals surface area contributed by atoms with Crippen LogP contribution in [0.25, 0.3) is 0 Å². The zero-order chi connectivity index (χ0) is 14.2. The van der Waals surface area contributed by atoms with Crippen molar-refractivity contribution in [1.29, 1.82) is 5.26 Å². The van der Waals surface area contributed by atoms with Gasteiger partial charge < -0.3 is 5.32 Å². The van der Waals surface area contributed by atoms with Gasteiger partial charge in [-0.1, -0.05) is 6.92 Å².